The third kappa shape index (κ3) is 1.78. The zero-order chi connectivity index (χ0) is 10.8. The molecule has 0 saturated heterocycles. The van der Waals surface area contributed by atoms with Gasteiger partial charge in [-0.15, -0.1) is 0 Å². The third-order valence-electron chi connectivity index (χ3n) is 3.53. The molecule has 1 saturated carbocycles. The molecule has 0 spiro atoms. The maximum Gasteiger partial charge on any atom is 0.312 e. The van der Waals surface area contributed by atoms with E-state index in [0.29, 0.717) is 5.92 Å². The highest BCUT2D eigenvalue weighted by atomic mass is 16.5. The van der Waals surface area contributed by atoms with Gasteiger partial charge in [0.05, 0.1) is 18.6 Å². The van der Waals surface area contributed by atoms with Crippen LogP contribution in [0.15, 0.2) is 0 Å². The molecule has 0 N–H and O–H groups in total. The predicted molar refractivity (Wildman–Crippen MR) is 53.9 cm³/mol. The van der Waals surface area contributed by atoms with E-state index in [1.165, 1.54) is 7.11 Å². The summed E-state index contributed by atoms with van der Waals surface area (Å²) in [6, 6.07) is 0. The summed E-state index contributed by atoms with van der Waals surface area (Å²) in [5.41, 5.74) is -0.310. The Morgan fingerprint density at radius 3 is 2.43 bits per heavy atom. The van der Waals surface area contributed by atoms with Crippen LogP contribution in [-0.2, 0) is 14.3 Å². The van der Waals surface area contributed by atoms with E-state index in [1.807, 2.05) is 0 Å². The number of rotatable bonds is 3. The van der Waals surface area contributed by atoms with Crippen LogP contribution in [0, 0.1) is 11.3 Å². The minimum Gasteiger partial charge on any atom is -0.469 e. The standard InChI is InChI=1S/C11H20O3/c1-8(2)11(10(12)14-4)6-5-9(7-11)13-3/h8-9H,5-7H2,1-4H3. The van der Waals surface area contributed by atoms with E-state index >= 15 is 0 Å². The van der Waals surface area contributed by atoms with E-state index < -0.39 is 0 Å². The van der Waals surface area contributed by atoms with Gasteiger partial charge in [0.15, 0.2) is 0 Å². The van der Waals surface area contributed by atoms with Crippen molar-refractivity contribution < 1.29 is 14.3 Å². The second-order valence-electron chi connectivity index (χ2n) is 4.40. The quantitative estimate of drug-likeness (QED) is 0.654. The van der Waals surface area contributed by atoms with Crippen LogP contribution in [0.25, 0.3) is 0 Å². The Labute approximate surface area is 85.8 Å². The highest BCUT2D eigenvalue weighted by Crippen LogP contribution is 2.46. The minimum atomic E-state index is -0.310. The van der Waals surface area contributed by atoms with Gasteiger partial charge in [-0.1, -0.05) is 13.8 Å². The number of ether oxygens (including phenoxy) is 2. The van der Waals surface area contributed by atoms with Crippen molar-refractivity contribution in [3.8, 4) is 0 Å². The highest BCUT2D eigenvalue weighted by molar-refractivity contribution is 5.77. The number of esters is 1. The molecule has 0 radical (unpaired) electrons. The smallest absolute Gasteiger partial charge is 0.312 e. The third-order valence-corrected chi connectivity index (χ3v) is 3.53. The molecule has 14 heavy (non-hydrogen) atoms. The molecular formula is C11H20O3. The second kappa shape index (κ2) is 4.30. The van der Waals surface area contributed by atoms with Crippen molar-refractivity contribution in [2.24, 2.45) is 11.3 Å². The van der Waals surface area contributed by atoms with Crippen LogP contribution in [-0.4, -0.2) is 26.3 Å². The summed E-state index contributed by atoms with van der Waals surface area (Å²) in [7, 11) is 3.17. The van der Waals surface area contributed by atoms with Crippen LogP contribution in [0.4, 0.5) is 0 Å². The molecule has 1 rings (SSSR count). The Balaban J connectivity index is 2.80. The Hall–Kier alpha value is -0.570. The molecular weight excluding hydrogens is 180 g/mol. The van der Waals surface area contributed by atoms with Crippen molar-refractivity contribution in [1.82, 2.24) is 0 Å². The summed E-state index contributed by atoms with van der Waals surface area (Å²) in [4.78, 5) is 11.8. The lowest BCUT2D eigenvalue weighted by atomic mass is 9.75. The van der Waals surface area contributed by atoms with Gasteiger partial charge in [-0.25, -0.2) is 0 Å². The molecule has 0 aliphatic heterocycles. The summed E-state index contributed by atoms with van der Waals surface area (Å²) in [5, 5.41) is 0. The first kappa shape index (κ1) is 11.5. The second-order valence-corrected chi connectivity index (χ2v) is 4.40. The van der Waals surface area contributed by atoms with Gasteiger partial charge in [0.25, 0.3) is 0 Å². The Kier molecular flexibility index (Phi) is 3.53. The number of carbonyl (C=O) groups excluding carboxylic acids is 1. The van der Waals surface area contributed by atoms with Gasteiger partial charge < -0.3 is 9.47 Å². The predicted octanol–water partition coefficient (Wildman–Crippen LogP) is 2.00. The van der Waals surface area contributed by atoms with Crippen molar-refractivity contribution in [3.05, 3.63) is 0 Å². The Morgan fingerprint density at radius 1 is 1.43 bits per heavy atom. The zero-order valence-electron chi connectivity index (χ0n) is 9.50. The maximum absolute atomic E-state index is 11.8. The molecule has 82 valence electrons. The van der Waals surface area contributed by atoms with E-state index in [0.717, 1.165) is 19.3 Å². The Morgan fingerprint density at radius 2 is 2.07 bits per heavy atom. The van der Waals surface area contributed by atoms with Gasteiger partial charge in [-0.3, -0.25) is 4.79 Å². The molecule has 1 aliphatic carbocycles. The highest BCUT2D eigenvalue weighted by Gasteiger charge is 2.48. The van der Waals surface area contributed by atoms with Crippen molar-refractivity contribution in [2.75, 3.05) is 14.2 Å². The van der Waals surface area contributed by atoms with Crippen molar-refractivity contribution in [1.29, 1.82) is 0 Å². The zero-order valence-corrected chi connectivity index (χ0v) is 9.50. The first-order valence-corrected chi connectivity index (χ1v) is 5.18. The maximum atomic E-state index is 11.8. The fraction of sp³-hybridized carbons (Fsp3) is 0.909. The average molecular weight is 200 g/mol. The van der Waals surface area contributed by atoms with Crippen molar-refractivity contribution in [2.45, 2.75) is 39.2 Å². The van der Waals surface area contributed by atoms with E-state index in [9.17, 15) is 4.79 Å². The van der Waals surface area contributed by atoms with E-state index in [-0.39, 0.29) is 17.5 Å². The van der Waals surface area contributed by atoms with Gasteiger partial charge >= 0.3 is 5.97 Å². The number of carbonyl (C=O) groups is 1. The van der Waals surface area contributed by atoms with E-state index in [4.69, 9.17) is 9.47 Å². The van der Waals surface area contributed by atoms with Gasteiger partial charge in [-0.2, -0.15) is 0 Å². The lowest BCUT2D eigenvalue weighted by molar-refractivity contribution is -0.156. The SMILES string of the molecule is COC(=O)C1(C(C)C)CCC(OC)C1. The summed E-state index contributed by atoms with van der Waals surface area (Å²) in [5.74, 6) is 0.238. The van der Waals surface area contributed by atoms with E-state index in [2.05, 4.69) is 13.8 Å². The summed E-state index contributed by atoms with van der Waals surface area (Å²) in [6.45, 7) is 4.16. The first-order chi connectivity index (χ1) is 6.56. The average Bonchev–Trinajstić information content (AvgIpc) is 2.61. The monoisotopic (exact) mass is 200 g/mol. The van der Waals surface area contributed by atoms with Crippen LogP contribution in [0.2, 0.25) is 0 Å². The van der Waals surface area contributed by atoms with Crippen LogP contribution in [0.3, 0.4) is 0 Å². The van der Waals surface area contributed by atoms with Gasteiger partial charge in [0.2, 0.25) is 0 Å². The molecule has 0 heterocycles. The molecule has 3 nitrogen and oxygen atoms in total. The molecule has 0 amide bonds. The fourth-order valence-corrected chi connectivity index (χ4v) is 2.38. The van der Waals surface area contributed by atoms with Crippen LogP contribution in [0.1, 0.15) is 33.1 Å². The van der Waals surface area contributed by atoms with Gasteiger partial charge in [-0.05, 0) is 25.2 Å². The van der Waals surface area contributed by atoms with Crippen LogP contribution >= 0.6 is 0 Å². The fourth-order valence-electron chi connectivity index (χ4n) is 2.38. The molecule has 2 atom stereocenters. The molecule has 1 fully saturated rings. The minimum absolute atomic E-state index is 0.0768. The molecule has 3 heteroatoms. The van der Waals surface area contributed by atoms with Crippen LogP contribution in [0.5, 0.6) is 0 Å². The number of hydrogen-bond acceptors (Lipinski definition) is 3. The largest absolute Gasteiger partial charge is 0.469 e. The summed E-state index contributed by atoms with van der Waals surface area (Å²) < 4.78 is 10.2. The van der Waals surface area contributed by atoms with E-state index in [1.54, 1.807) is 7.11 Å². The lowest BCUT2D eigenvalue weighted by Crippen LogP contribution is -2.35. The molecule has 1 aliphatic rings. The Bertz CT molecular complexity index is 213. The van der Waals surface area contributed by atoms with Gasteiger partial charge in [0, 0.05) is 7.11 Å². The molecule has 0 aromatic heterocycles. The normalized spacial score (nSPS) is 32.2. The number of hydrogen-bond donors (Lipinski definition) is 0. The summed E-state index contributed by atoms with van der Waals surface area (Å²) >= 11 is 0. The molecule has 0 aromatic rings. The lowest BCUT2D eigenvalue weighted by Gasteiger charge is -2.30. The van der Waals surface area contributed by atoms with Crippen molar-refractivity contribution >= 4 is 5.97 Å². The molecule has 2 unspecified atom stereocenters. The molecule has 0 aromatic carbocycles. The summed E-state index contributed by atoms with van der Waals surface area (Å²) in [6.07, 6.45) is 2.87. The van der Waals surface area contributed by atoms with Crippen molar-refractivity contribution in [3.63, 3.8) is 0 Å². The number of methoxy groups -OCH3 is 2. The molecule has 0 bridgehead atoms. The topological polar surface area (TPSA) is 35.5 Å². The van der Waals surface area contributed by atoms with Gasteiger partial charge in [0.1, 0.15) is 0 Å². The van der Waals surface area contributed by atoms with Crippen LogP contribution < -0.4 is 0 Å². The first-order valence-electron chi connectivity index (χ1n) is 5.18.